The minimum absolute atomic E-state index is 0.722. The molecule has 0 aromatic heterocycles. The zero-order valence-electron chi connectivity index (χ0n) is 12.6. The van der Waals surface area contributed by atoms with Gasteiger partial charge < -0.3 is 5.32 Å². The molecule has 1 aliphatic carbocycles. The molecule has 0 aromatic carbocycles. The van der Waals surface area contributed by atoms with E-state index in [4.69, 9.17) is 0 Å². The zero-order valence-corrected chi connectivity index (χ0v) is 12.6. The molecule has 0 spiro atoms. The minimum atomic E-state index is 0.722. The van der Waals surface area contributed by atoms with Crippen molar-refractivity contribution in [2.45, 2.75) is 85.2 Å². The highest BCUT2D eigenvalue weighted by Gasteiger charge is 2.24. The summed E-state index contributed by atoms with van der Waals surface area (Å²) in [4.78, 5) is 0. The molecule has 0 aromatic rings. The Morgan fingerprint density at radius 2 is 1.35 bits per heavy atom. The van der Waals surface area contributed by atoms with Crippen molar-refractivity contribution in [3.05, 3.63) is 0 Å². The molecule has 0 heterocycles. The molecule has 1 N–H and O–H groups in total. The minimum Gasteiger partial charge on any atom is -0.311 e. The van der Waals surface area contributed by atoms with Gasteiger partial charge in [0.15, 0.2) is 0 Å². The first-order valence-corrected chi connectivity index (χ1v) is 7.75. The van der Waals surface area contributed by atoms with Gasteiger partial charge in [-0.15, -0.1) is 0 Å². The normalized spacial score (nSPS) is 19.8. The Morgan fingerprint density at radius 1 is 0.882 bits per heavy atom. The smallest absolute Gasteiger partial charge is 0.00745 e. The summed E-state index contributed by atoms with van der Waals surface area (Å²) in [6.45, 7) is 11.8. The van der Waals surface area contributed by atoms with E-state index in [0.29, 0.717) is 0 Å². The lowest BCUT2D eigenvalue weighted by Gasteiger charge is -2.29. The molecule has 1 aliphatic rings. The molecule has 17 heavy (non-hydrogen) atoms. The summed E-state index contributed by atoms with van der Waals surface area (Å²) in [5.74, 6) is 2.56. The van der Waals surface area contributed by atoms with Crippen molar-refractivity contribution in [1.29, 1.82) is 0 Å². The SMILES string of the molecule is CC(C)CC(CC(C)C)N[C@@H](C)C1CCCC1. The van der Waals surface area contributed by atoms with E-state index in [9.17, 15) is 0 Å². The van der Waals surface area contributed by atoms with Crippen LogP contribution in [0.25, 0.3) is 0 Å². The van der Waals surface area contributed by atoms with Gasteiger partial charge in [-0.3, -0.25) is 0 Å². The maximum absolute atomic E-state index is 3.92. The molecule has 0 aliphatic heterocycles. The summed E-state index contributed by atoms with van der Waals surface area (Å²) in [5.41, 5.74) is 0. The van der Waals surface area contributed by atoms with Crippen LogP contribution in [-0.2, 0) is 0 Å². The second-order valence-corrected chi connectivity index (χ2v) is 6.96. The Bertz CT molecular complexity index is 182. The Kier molecular flexibility index (Phi) is 6.54. The second-order valence-electron chi connectivity index (χ2n) is 6.96. The fraction of sp³-hybridized carbons (Fsp3) is 1.00. The van der Waals surface area contributed by atoms with E-state index in [1.807, 2.05) is 0 Å². The molecule has 0 saturated heterocycles. The quantitative estimate of drug-likeness (QED) is 0.684. The van der Waals surface area contributed by atoms with Gasteiger partial charge >= 0.3 is 0 Å². The van der Waals surface area contributed by atoms with Crippen molar-refractivity contribution in [2.24, 2.45) is 17.8 Å². The van der Waals surface area contributed by atoms with E-state index in [1.165, 1.54) is 38.5 Å². The Morgan fingerprint density at radius 3 is 1.76 bits per heavy atom. The van der Waals surface area contributed by atoms with Crippen LogP contribution >= 0.6 is 0 Å². The van der Waals surface area contributed by atoms with E-state index >= 15 is 0 Å². The lowest BCUT2D eigenvalue weighted by molar-refractivity contribution is 0.286. The standard InChI is InChI=1S/C16H33N/c1-12(2)10-16(11-13(3)4)17-14(5)15-8-6-7-9-15/h12-17H,6-11H2,1-5H3/t14-/m0/s1. The van der Waals surface area contributed by atoms with Gasteiger partial charge in [-0.1, -0.05) is 40.5 Å². The maximum Gasteiger partial charge on any atom is 0.00745 e. The molecule has 1 nitrogen and oxygen atoms in total. The molecule has 1 fully saturated rings. The number of hydrogen-bond acceptors (Lipinski definition) is 1. The Labute approximate surface area is 109 Å². The van der Waals surface area contributed by atoms with Gasteiger partial charge in [-0.05, 0) is 50.4 Å². The highest BCUT2D eigenvalue weighted by molar-refractivity contribution is 4.81. The van der Waals surface area contributed by atoms with Crippen molar-refractivity contribution in [3.8, 4) is 0 Å². The molecule has 0 amide bonds. The Balaban J connectivity index is 2.40. The van der Waals surface area contributed by atoms with E-state index in [0.717, 1.165) is 29.8 Å². The summed E-state index contributed by atoms with van der Waals surface area (Å²) < 4.78 is 0. The van der Waals surface area contributed by atoms with Crippen LogP contribution in [0.3, 0.4) is 0 Å². The van der Waals surface area contributed by atoms with Crippen molar-refractivity contribution in [3.63, 3.8) is 0 Å². The molecule has 1 heteroatoms. The fourth-order valence-electron chi connectivity index (χ4n) is 3.34. The molecule has 0 bridgehead atoms. The molecular formula is C16H33N. The zero-order chi connectivity index (χ0) is 12.8. The molecule has 1 rings (SSSR count). The third-order valence-corrected chi connectivity index (χ3v) is 4.12. The summed E-state index contributed by atoms with van der Waals surface area (Å²) in [5, 5.41) is 3.92. The molecule has 1 atom stereocenters. The number of rotatable bonds is 7. The van der Waals surface area contributed by atoms with Gasteiger partial charge in [-0.2, -0.15) is 0 Å². The van der Waals surface area contributed by atoms with Crippen molar-refractivity contribution in [2.75, 3.05) is 0 Å². The average Bonchev–Trinajstić information content (AvgIpc) is 2.67. The largest absolute Gasteiger partial charge is 0.311 e. The van der Waals surface area contributed by atoms with Crippen molar-refractivity contribution < 1.29 is 0 Å². The van der Waals surface area contributed by atoms with Crippen LogP contribution in [0.5, 0.6) is 0 Å². The van der Waals surface area contributed by atoms with Crippen LogP contribution < -0.4 is 5.32 Å². The van der Waals surface area contributed by atoms with Gasteiger partial charge in [-0.25, -0.2) is 0 Å². The van der Waals surface area contributed by atoms with Gasteiger partial charge in [0, 0.05) is 12.1 Å². The topological polar surface area (TPSA) is 12.0 Å². The molecule has 0 radical (unpaired) electrons. The van der Waals surface area contributed by atoms with Crippen molar-refractivity contribution >= 4 is 0 Å². The highest BCUT2D eigenvalue weighted by atomic mass is 15.0. The van der Waals surface area contributed by atoms with Crippen LogP contribution in [-0.4, -0.2) is 12.1 Å². The number of hydrogen-bond donors (Lipinski definition) is 1. The van der Waals surface area contributed by atoms with Crippen molar-refractivity contribution in [1.82, 2.24) is 5.32 Å². The van der Waals surface area contributed by atoms with E-state index in [2.05, 4.69) is 39.9 Å². The highest BCUT2D eigenvalue weighted by Crippen LogP contribution is 2.28. The molecular weight excluding hydrogens is 206 g/mol. The second kappa shape index (κ2) is 7.41. The monoisotopic (exact) mass is 239 g/mol. The third kappa shape index (κ3) is 5.90. The Hall–Kier alpha value is -0.0400. The maximum atomic E-state index is 3.92. The first kappa shape index (κ1) is 15.0. The van der Waals surface area contributed by atoms with Gasteiger partial charge in [0.05, 0.1) is 0 Å². The predicted octanol–water partition coefficient (Wildman–Crippen LogP) is 4.62. The van der Waals surface area contributed by atoms with Gasteiger partial charge in [0.2, 0.25) is 0 Å². The summed E-state index contributed by atoms with van der Waals surface area (Å²) in [6.07, 6.45) is 8.46. The lowest BCUT2D eigenvalue weighted by Crippen LogP contribution is -2.41. The molecule has 0 unspecified atom stereocenters. The van der Waals surface area contributed by atoms with E-state index in [-0.39, 0.29) is 0 Å². The van der Waals surface area contributed by atoms with Gasteiger partial charge in [0.25, 0.3) is 0 Å². The number of nitrogens with one attached hydrogen (secondary N) is 1. The van der Waals surface area contributed by atoms with E-state index in [1.54, 1.807) is 0 Å². The fourth-order valence-corrected chi connectivity index (χ4v) is 3.34. The van der Waals surface area contributed by atoms with Crippen LogP contribution in [0.15, 0.2) is 0 Å². The van der Waals surface area contributed by atoms with Gasteiger partial charge in [0.1, 0.15) is 0 Å². The van der Waals surface area contributed by atoms with Crippen LogP contribution in [0.2, 0.25) is 0 Å². The first-order valence-electron chi connectivity index (χ1n) is 7.75. The summed E-state index contributed by atoms with van der Waals surface area (Å²) in [7, 11) is 0. The van der Waals surface area contributed by atoms with E-state index < -0.39 is 0 Å². The first-order chi connectivity index (χ1) is 7.99. The molecule has 1 saturated carbocycles. The third-order valence-electron chi connectivity index (χ3n) is 4.12. The summed E-state index contributed by atoms with van der Waals surface area (Å²) in [6, 6.07) is 1.45. The lowest BCUT2D eigenvalue weighted by atomic mass is 9.92. The van der Waals surface area contributed by atoms with Crippen LogP contribution in [0.4, 0.5) is 0 Å². The summed E-state index contributed by atoms with van der Waals surface area (Å²) >= 11 is 0. The predicted molar refractivity (Wildman–Crippen MR) is 77.3 cm³/mol. The average molecular weight is 239 g/mol. The van der Waals surface area contributed by atoms with Crippen LogP contribution in [0, 0.1) is 17.8 Å². The molecule has 102 valence electrons. The van der Waals surface area contributed by atoms with Crippen LogP contribution in [0.1, 0.15) is 73.1 Å².